The molecule has 2 N–H and O–H groups in total. The Morgan fingerprint density at radius 3 is 1.50 bits per heavy atom. The Labute approximate surface area is 281 Å². The number of anilines is 2. The van der Waals surface area contributed by atoms with E-state index >= 15 is 0 Å². The zero-order valence-corrected chi connectivity index (χ0v) is 27.0. The minimum absolute atomic E-state index is 0.0603. The lowest BCUT2D eigenvalue weighted by molar-refractivity contribution is -0.126. The maximum atomic E-state index is 13.9. The van der Waals surface area contributed by atoms with E-state index in [9.17, 15) is 4.79 Å². The first kappa shape index (κ1) is 30.9. The molecule has 0 radical (unpaired) electrons. The van der Waals surface area contributed by atoms with Crippen molar-refractivity contribution in [2.75, 3.05) is 36.8 Å². The van der Waals surface area contributed by atoms with Crippen molar-refractivity contribution >= 4 is 60.9 Å². The van der Waals surface area contributed by atoms with E-state index in [-0.39, 0.29) is 5.91 Å². The van der Waals surface area contributed by atoms with Gasteiger partial charge in [0.15, 0.2) is 0 Å². The lowest BCUT2D eigenvalue weighted by Crippen LogP contribution is -2.34. The Morgan fingerprint density at radius 1 is 0.521 bits per heavy atom. The van der Waals surface area contributed by atoms with Gasteiger partial charge in [-0.2, -0.15) is 0 Å². The molecule has 1 aliphatic carbocycles. The van der Waals surface area contributed by atoms with E-state index in [2.05, 4.69) is 83.4 Å². The fourth-order valence-electron chi connectivity index (χ4n) is 6.39. The molecule has 0 saturated carbocycles. The topological polar surface area (TPSA) is 70.2 Å². The molecule has 4 aromatic carbocycles. The van der Waals surface area contributed by atoms with Crippen LogP contribution in [0.3, 0.4) is 0 Å². The van der Waals surface area contributed by atoms with Crippen LogP contribution in [-0.2, 0) is 4.79 Å². The highest BCUT2D eigenvalue weighted by Crippen LogP contribution is 2.32. The number of carbonyl (C=O) groups excluding carboxylic acids is 1. The molecule has 0 spiro atoms. The number of pyridine rings is 2. The van der Waals surface area contributed by atoms with Crippen LogP contribution >= 0.6 is 0 Å². The number of carbonyl (C=O) groups is 1. The van der Waals surface area contributed by atoms with Gasteiger partial charge in [-0.25, -0.2) is 9.97 Å². The van der Waals surface area contributed by atoms with E-state index in [0.717, 1.165) is 87.3 Å². The quantitative estimate of drug-likeness (QED) is 0.104. The van der Waals surface area contributed by atoms with Crippen molar-refractivity contribution in [1.29, 1.82) is 0 Å². The van der Waals surface area contributed by atoms with Crippen LogP contribution in [0, 0.1) is 0 Å². The van der Waals surface area contributed by atoms with Gasteiger partial charge in [-0.05, 0) is 55.7 Å². The van der Waals surface area contributed by atoms with Gasteiger partial charge in [-0.1, -0.05) is 103 Å². The zero-order valence-electron chi connectivity index (χ0n) is 27.0. The first-order valence-electron chi connectivity index (χ1n) is 16.8. The molecule has 0 fully saturated rings. The van der Waals surface area contributed by atoms with Crippen LogP contribution < -0.4 is 10.6 Å². The average molecular weight is 630 g/mol. The first-order valence-corrected chi connectivity index (χ1v) is 16.8. The van der Waals surface area contributed by atoms with Gasteiger partial charge < -0.3 is 15.5 Å². The number of unbranched alkanes of at least 4 members (excludes halogenated alkanes) is 1. The SMILES string of the molecule is O=C(C1=C/C=C\C=C/C=C\1)N(CCCCNc1c2ccccc2nc2ccccc12)CCCNc1c2ccccc2nc2ccccc12. The molecule has 7 rings (SSSR count). The highest BCUT2D eigenvalue weighted by atomic mass is 16.2. The lowest BCUT2D eigenvalue weighted by Gasteiger charge is -2.24. The summed E-state index contributed by atoms with van der Waals surface area (Å²) < 4.78 is 0. The standard InChI is InChI=1S/C42H39N5O/c48-42(31-17-4-2-1-3-5-18-31)47(30-16-28-44-41-34-21-8-12-25-38(34)46-39-26-13-9-22-35(39)41)29-15-14-27-43-40-32-19-6-10-23-36(32)45-37-24-11-7-20-33(37)40/h1-13,17-26H,14-16,27-30H2,(H,43,45)(H,44,46)/b2-1-,3-1?,4-2?,5-3-,17-4-,18-5?,31-17?,31-18+. The number of para-hydroxylation sites is 4. The normalized spacial score (nSPS) is 15.8. The van der Waals surface area contributed by atoms with Gasteiger partial charge in [-0.15, -0.1) is 0 Å². The van der Waals surface area contributed by atoms with Crippen molar-refractivity contribution < 1.29 is 4.79 Å². The Hall–Kier alpha value is -5.75. The van der Waals surface area contributed by atoms with Crippen LogP contribution in [0.2, 0.25) is 0 Å². The number of hydrogen-bond acceptors (Lipinski definition) is 5. The van der Waals surface area contributed by atoms with Gasteiger partial charge in [0.25, 0.3) is 5.91 Å². The summed E-state index contributed by atoms with van der Waals surface area (Å²) >= 11 is 0. The molecule has 2 heterocycles. The molecule has 0 aliphatic heterocycles. The summed E-state index contributed by atoms with van der Waals surface area (Å²) in [6.07, 6.45) is 16.2. The third-order valence-corrected chi connectivity index (χ3v) is 8.77. The first-order chi connectivity index (χ1) is 23.8. The van der Waals surface area contributed by atoms with Gasteiger partial charge in [0, 0.05) is 53.3 Å². The van der Waals surface area contributed by atoms with E-state index < -0.39 is 0 Å². The van der Waals surface area contributed by atoms with Crippen LogP contribution in [0.5, 0.6) is 0 Å². The van der Waals surface area contributed by atoms with E-state index in [1.54, 1.807) is 0 Å². The Balaban J connectivity index is 1.03. The largest absolute Gasteiger partial charge is 0.384 e. The maximum absolute atomic E-state index is 13.9. The third-order valence-electron chi connectivity index (χ3n) is 8.77. The van der Waals surface area contributed by atoms with Gasteiger partial charge in [0.05, 0.1) is 33.4 Å². The Bertz CT molecular complexity index is 2110. The molecule has 1 aliphatic rings. The molecule has 48 heavy (non-hydrogen) atoms. The maximum Gasteiger partial charge on any atom is 0.253 e. The number of nitrogens with zero attached hydrogens (tertiary/aromatic N) is 3. The van der Waals surface area contributed by atoms with Gasteiger partial charge in [-0.3, -0.25) is 4.79 Å². The highest BCUT2D eigenvalue weighted by Gasteiger charge is 2.17. The third kappa shape index (κ3) is 6.83. The highest BCUT2D eigenvalue weighted by molar-refractivity contribution is 6.08. The molecule has 1 amide bonds. The van der Waals surface area contributed by atoms with Crippen molar-refractivity contribution in [3.63, 3.8) is 0 Å². The number of hydrogen-bond donors (Lipinski definition) is 2. The molecule has 238 valence electrons. The van der Waals surface area contributed by atoms with E-state index in [1.165, 1.54) is 0 Å². The molecular formula is C42H39N5O. The van der Waals surface area contributed by atoms with Crippen molar-refractivity contribution in [1.82, 2.24) is 14.9 Å². The number of amides is 1. The van der Waals surface area contributed by atoms with Gasteiger partial charge >= 0.3 is 0 Å². The van der Waals surface area contributed by atoms with Crippen molar-refractivity contribution in [3.05, 3.63) is 145 Å². The number of nitrogens with one attached hydrogen (secondary N) is 2. The summed E-state index contributed by atoms with van der Waals surface area (Å²) in [4.78, 5) is 25.6. The van der Waals surface area contributed by atoms with E-state index in [4.69, 9.17) is 9.97 Å². The second-order valence-corrected chi connectivity index (χ2v) is 12.0. The predicted octanol–water partition coefficient (Wildman–Crippen LogP) is 9.22. The minimum Gasteiger partial charge on any atom is -0.384 e. The molecule has 0 bridgehead atoms. The second kappa shape index (κ2) is 14.8. The fraction of sp³-hybridized carbons (Fsp3) is 0.167. The number of rotatable bonds is 12. The van der Waals surface area contributed by atoms with E-state index in [0.29, 0.717) is 18.7 Å². The van der Waals surface area contributed by atoms with Crippen LogP contribution in [0.4, 0.5) is 11.4 Å². The summed E-state index contributed by atoms with van der Waals surface area (Å²) in [5, 5.41) is 11.9. The van der Waals surface area contributed by atoms with Crippen LogP contribution in [0.25, 0.3) is 43.6 Å². The lowest BCUT2D eigenvalue weighted by atomic mass is 10.1. The second-order valence-electron chi connectivity index (χ2n) is 12.0. The van der Waals surface area contributed by atoms with Crippen molar-refractivity contribution in [3.8, 4) is 0 Å². The van der Waals surface area contributed by atoms with Crippen molar-refractivity contribution in [2.45, 2.75) is 19.3 Å². The molecular weight excluding hydrogens is 590 g/mol. The van der Waals surface area contributed by atoms with Crippen molar-refractivity contribution in [2.24, 2.45) is 0 Å². The number of benzene rings is 4. The molecule has 6 nitrogen and oxygen atoms in total. The molecule has 6 heteroatoms. The van der Waals surface area contributed by atoms with Crippen LogP contribution in [0.15, 0.2) is 145 Å². The van der Waals surface area contributed by atoms with E-state index in [1.807, 2.05) is 71.7 Å². The molecule has 6 aromatic rings. The van der Waals surface area contributed by atoms with Gasteiger partial charge in [0.1, 0.15) is 0 Å². The Morgan fingerprint density at radius 2 is 0.958 bits per heavy atom. The molecule has 0 atom stereocenters. The van der Waals surface area contributed by atoms with Crippen LogP contribution in [-0.4, -0.2) is 47.0 Å². The summed E-state index contributed by atoms with van der Waals surface area (Å²) in [7, 11) is 0. The zero-order chi connectivity index (χ0) is 32.5. The molecule has 0 saturated heterocycles. The summed E-state index contributed by atoms with van der Waals surface area (Å²) in [5.74, 6) is 0.0603. The minimum atomic E-state index is 0.0603. The fourth-order valence-corrected chi connectivity index (χ4v) is 6.39. The average Bonchev–Trinajstić information content (AvgIpc) is 3.11. The summed E-state index contributed by atoms with van der Waals surface area (Å²) in [5.41, 5.74) is 6.84. The summed E-state index contributed by atoms with van der Waals surface area (Å²) in [6, 6.07) is 33.1. The monoisotopic (exact) mass is 629 g/mol. The summed E-state index contributed by atoms with van der Waals surface area (Å²) in [6.45, 7) is 2.89. The molecule has 0 unspecified atom stereocenters. The predicted molar refractivity (Wildman–Crippen MR) is 201 cm³/mol. The number of aromatic nitrogens is 2. The smallest absolute Gasteiger partial charge is 0.253 e. The Kier molecular flexibility index (Phi) is 9.51. The number of fused-ring (bicyclic) bond motifs is 4. The molecule has 2 aromatic heterocycles. The number of allylic oxidation sites excluding steroid dienone is 6. The van der Waals surface area contributed by atoms with Gasteiger partial charge in [0.2, 0.25) is 0 Å². The van der Waals surface area contributed by atoms with Crippen LogP contribution in [0.1, 0.15) is 19.3 Å².